The number of carbonyl (C=O) groups excluding carboxylic acids is 1. The van der Waals surface area contributed by atoms with E-state index in [9.17, 15) is 4.79 Å². The molecule has 1 aromatic heterocycles. The number of ketones is 1. The summed E-state index contributed by atoms with van der Waals surface area (Å²) < 4.78 is 1.95. The zero-order valence-electron chi connectivity index (χ0n) is 16.0. The highest BCUT2D eigenvalue weighted by Crippen LogP contribution is 2.29. The van der Waals surface area contributed by atoms with Crippen LogP contribution in [0.3, 0.4) is 0 Å². The van der Waals surface area contributed by atoms with Crippen molar-refractivity contribution in [3.63, 3.8) is 0 Å². The fraction of sp³-hybridized carbons (Fsp3) is 0.0870. The van der Waals surface area contributed by atoms with Crippen molar-refractivity contribution in [3.8, 4) is 17.1 Å². The molecule has 0 aliphatic carbocycles. The Morgan fingerprint density at radius 1 is 0.867 bits per heavy atom. The number of Topliss-reactive ketones (excluding diaryl/α,β-unsaturated/α-hetero) is 1. The number of rotatable bonds is 6. The van der Waals surface area contributed by atoms with Gasteiger partial charge in [0.2, 0.25) is 0 Å². The second-order valence-corrected chi connectivity index (χ2v) is 8.52. The number of thioether (sulfide) groups is 1. The number of carbonyl (C=O) groups is 1. The van der Waals surface area contributed by atoms with Crippen LogP contribution in [0.25, 0.3) is 17.1 Å². The van der Waals surface area contributed by atoms with Gasteiger partial charge >= 0.3 is 0 Å². The number of hydrogen-bond acceptors (Lipinski definition) is 4. The van der Waals surface area contributed by atoms with E-state index in [0.717, 1.165) is 11.3 Å². The molecule has 3 aromatic carbocycles. The highest BCUT2D eigenvalue weighted by atomic mass is 35.5. The molecular formula is C23H17Cl2N3OS. The molecule has 30 heavy (non-hydrogen) atoms. The standard InChI is InChI=1S/C23H17Cl2N3OS/c1-15-2-4-17(5-3-15)22-26-27-23(28(22)20-12-10-19(25)11-13-20)30-14-21(29)16-6-8-18(24)9-7-16/h2-13H,14H2,1H3. The molecule has 0 atom stereocenters. The van der Waals surface area contributed by atoms with Gasteiger partial charge in [0.25, 0.3) is 0 Å². The van der Waals surface area contributed by atoms with Crippen molar-refractivity contribution in [3.05, 3.63) is 94.0 Å². The first-order valence-corrected chi connectivity index (χ1v) is 11.0. The summed E-state index contributed by atoms with van der Waals surface area (Å²) in [5.74, 6) is 0.944. The van der Waals surface area contributed by atoms with Gasteiger partial charge in [-0.25, -0.2) is 0 Å². The number of nitrogens with zero attached hydrogens (tertiary/aromatic N) is 3. The van der Waals surface area contributed by atoms with Gasteiger partial charge in [0.1, 0.15) is 0 Å². The Morgan fingerprint density at radius 2 is 1.47 bits per heavy atom. The van der Waals surface area contributed by atoms with E-state index in [1.165, 1.54) is 17.3 Å². The molecule has 0 bridgehead atoms. The number of benzene rings is 3. The SMILES string of the molecule is Cc1ccc(-c2nnc(SCC(=O)c3ccc(Cl)cc3)n2-c2ccc(Cl)cc2)cc1. The first kappa shape index (κ1) is 20.7. The summed E-state index contributed by atoms with van der Waals surface area (Å²) in [5, 5.41) is 10.7. The molecule has 0 spiro atoms. The second-order valence-electron chi connectivity index (χ2n) is 6.70. The van der Waals surface area contributed by atoms with Gasteiger partial charge in [0.15, 0.2) is 16.8 Å². The van der Waals surface area contributed by atoms with Crippen molar-refractivity contribution in [2.45, 2.75) is 12.1 Å². The minimum Gasteiger partial charge on any atom is -0.293 e. The van der Waals surface area contributed by atoms with E-state index in [4.69, 9.17) is 23.2 Å². The van der Waals surface area contributed by atoms with Crippen LogP contribution in [0, 0.1) is 6.92 Å². The van der Waals surface area contributed by atoms with Gasteiger partial charge in [0, 0.05) is 26.9 Å². The van der Waals surface area contributed by atoms with Crippen molar-refractivity contribution in [2.75, 3.05) is 5.75 Å². The highest BCUT2D eigenvalue weighted by molar-refractivity contribution is 7.99. The van der Waals surface area contributed by atoms with E-state index in [0.29, 0.717) is 26.6 Å². The third-order valence-electron chi connectivity index (χ3n) is 4.53. The molecule has 0 unspecified atom stereocenters. The number of hydrogen-bond donors (Lipinski definition) is 0. The zero-order valence-corrected chi connectivity index (χ0v) is 18.4. The Kier molecular flexibility index (Phi) is 6.23. The van der Waals surface area contributed by atoms with Crippen LogP contribution in [0.5, 0.6) is 0 Å². The Balaban J connectivity index is 1.67. The van der Waals surface area contributed by atoms with Crippen LogP contribution in [0.2, 0.25) is 10.0 Å². The number of aryl methyl sites for hydroxylation is 1. The average molecular weight is 454 g/mol. The monoisotopic (exact) mass is 453 g/mol. The van der Waals surface area contributed by atoms with Crippen LogP contribution < -0.4 is 0 Å². The van der Waals surface area contributed by atoms with Gasteiger partial charge in [-0.1, -0.05) is 64.8 Å². The summed E-state index contributed by atoms with van der Waals surface area (Å²) in [6, 6.07) is 22.4. The molecule has 0 saturated carbocycles. The van der Waals surface area contributed by atoms with E-state index in [-0.39, 0.29) is 11.5 Å². The Labute approximate surface area is 188 Å². The molecule has 0 saturated heterocycles. The molecule has 150 valence electrons. The minimum atomic E-state index is -0.000733. The van der Waals surface area contributed by atoms with Gasteiger partial charge in [0.05, 0.1) is 5.75 Å². The van der Waals surface area contributed by atoms with E-state index >= 15 is 0 Å². The van der Waals surface area contributed by atoms with E-state index < -0.39 is 0 Å². The van der Waals surface area contributed by atoms with Gasteiger partial charge in [-0.05, 0) is 55.5 Å². The molecule has 0 N–H and O–H groups in total. The lowest BCUT2D eigenvalue weighted by atomic mass is 10.1. The maximum absolute atomic E-state index is 12.6. The van der Waals surface area contributed by atoms with E-state index in [2.05, 4.69) is 10.2 Å². The molecule has 0 amide bonds. The number of halogens is 2. The normalized spacial score (nSPS) is 10.9. The Morgan fingerprint density at radius 3 is 2.10 bits per heavy atom. The van der Waals surface area contributed by atoms with Gasteiger partial charge in [-0.2, -0.15) is 0 Å². The van der Waals surface area contributed by atoms with Crippen molar-refractivity contribution in [2.24, 2.45) is 0 Å². The van der Waals surface area contributed by atoms with Gasteiger partial charge in [-0.15, -0.1) is 10.2 Å². The molecule has 1 heterocycles. The lowest BCUT2D eigenvalue weighted by molar-refractivity contribution is 0.102. The maximum atomic E-state index is 12.6. The summed E-state index contributed by atoms with van der Waals surface area (Å²) in [5.41, 5.74) is 3.60. The zero-order chi connectivity index (χ0) is 21.1. The molecule has 0 aliphatic rings. The van der Waals surface area contributed by atoms with Crippen molar-refractivity contribution in [1.82, 2.24) is 14.8 Å². The van der Waals surface area contributed by atoms with Crippen LogP contribution in [0.4, 0.5) is 0 Å². The van der Waals surface area contributed by atoms with Crippen LogP contribution in [-0.2, 0) is 0 Å². The van der Waals surface area contributed by atoms with E-state index in [1.807, 2.05) is 60.0 Å². The van der Waals surface area contributed by atoms with Crippen molar-refractivity contribution >= 4 is 40.7 Å². The Bertz CT molecular complexity index is 1170. The van der Waals surface area contributed by atoms with Crippen LogP contribution in [0.1, 0.15) is 15.9 Å². The molecule has 4 aromatic rings. The average Bonchev–Trinajstić information content (AvgIpc) is 3.17. The summed E-state index contributed by atoms with van der Waals surface area (Å²) in [7, 11) is 0. The quantitative estimate of drug-likeness (QED) is 0.246. The fourth-order valence-corrected chi connectivity index (χ4v) is 4.02. The molecule has 4 nitrogen and oxygen atoms in total. The van der Waals surface area contributed by atoms with Gasteiger partial charge < -0.3 is 0 Å². The predicted molar refractivity (Wildman–Crippen MR) is 123 cm³/mol. The molecule has 0 fully saturated rings. The smallest absolute Gasteiger partial charge is 0.196 e. The summed E-state index contributed by atoms with van der Waals surface area (Å²) >= 11 is 13.3. The second kappa shape index (κ2) is 9.04. The van der Waals surface area contributed by atoms with Crippen molar-refractivity contribution < 1.29 is 4.79 Å². The van der Waals surface area contributed by atoms with Crippen LogP contribution >= 0.6 is 35.0 Å². The largest absolute Gasteiger partial charge is 0.293 e. The van der Waals surface area contributed by atoms with Gasteiger partial charge in [-0.3, -0.25) is 9.36 Å². The van der Waals surface area contributed by atoms with E-state index in [1.54, 1.807) is 24.3 Å². The maximum Gasteiger partial charge on any atom is 0.196 e. The lowest BCUT2D eigenvalue weighted by Crippen LogP contribution is -2.05. The first-order chi connectivity index (χ1) is 14.5. The minimum absolute atomic E-state index is 0.000733. The first-order valence-electron chi connectivity index (χ1n) is 9.21. The van der Waals surface area contributed by atoms with Crippen LogP contribution in [0.15, 0.2) is 78.0 Å². The molecule has 7 heteroatoms. The highest BCUT2D eigenvalue weighted by Gasteiger charge is 2.18. The molecule has 0 radical (unpaired) electrons. The summed E-state index contributed by atoms with van der Waals surface area (Å²) in [6.45, 7) is 2.04. The molecule has 4 rings (SSSR count). The van der Waals surface area contributed by atoms with Crippen molar-refractivity contribution in [1.29, 1.82) is 0 Å². The summed E-state index contributed by atoms with van der Waals surface area (Å²) in [4.78, 5) is 12.6. The summed E-state index contributed by atoms with van der Waals surface area (Å²) in [6.07, 6.45) is 0. The third kappa shape index (κ3) is 4.59. The fourth-order valence-electron chi connectivity index (χ4n) is 2.93. The predicted octanol–water partition coefficient (Wildman–Crippen LogP) is 6.52. The topological polar surface area (TPSA) is 47.8 Å². The van der Waals surface area contributed by atoms with Crippen LogP contribution in [-0.4, -0.2) is 26.3 Å². The Hall–Kier alpha value is -2.60. The molecule has 0 aliphatic heterocycles. The lowest BCUT2D eigenvalue weighted by Gasteiger charge is -2.11. The number of aromatic nitrogens is 3. The third-order valence-corrected chi connectivity index (χ3v) is 5.96. The molecular weight excluding hydrogens is 437 g/mol.